The van der Waals surface area contributed by atoms with Gasteiger partial charge in [0.2, 0.25) is 0 Å². The molecule has 7 nitrogen and oxygen atoms in total. The molecule has 1 atom stereocenters. The Bertz CT molecular complexity index is 1010. The summed E-state index contributed by atoms with van der Waals surface area (Å²) >= 11 is 6.04. The Labute approximate surface area is 168 Å². The highest BCUT2D eigenvalue weighted by molar-refractivity contribution is 6.43. The van der Waals surface area contributed by atoms with Gasteiger partial charge in [-0.15, -0.1) is 0 Å². The molecule has 3 N–H and O–H groups in total. The average Bonchev–Trinajstić information content (AvgIpc) is 2.66. The van der Waals surface area contributed by atoms with Crippen molar-refractivity contribution in [3.8, 4) is 0 Å². The first-order valence-electron chi connectivity index (χ1n) is 9.13. The van der Waals surface area contributed by atoms with E-state index in [0.717, 1.165) is 16.9 Å². The Kier molecular flexibility index (Phi) is 5.86. The van der Waals surface area contributed by atoms with Gasteiger partial charge in [0.05, 0.1) is 6.04 Å². The monoisotopic (exact) mass is 401 g/mol. The Balaban J connectivity index is 1.80. The highest BCUT2D eigenvalue weighted by atomic mass is 35.5. The minimum absolute atomic E-state index is 0.273. The van der Waals surface area contributed by atoms with Crippen LogP contribution in [0.4, 0.5) is 0 Å². The van der Waals surface area contributed by atoms with Crippen LogP contribution >= 0.6 is 11.6 Å². The molecule has 0 saturated heterocycles. The molecule has 0 radical (unpaired) electrons. The third-order valence-electron chi connectivity index (χ3n) is 4.62. The van der Waals surface area contributed by atoms with Crippen molar-refractivity contribution in [2.45, 2.75) is 26.8 Å². The number of aliphatic imine (C=N–C) groups is 1. The molecule has 0 unspecified atom stereocenters. The van der Waals surface area contributed by atoms with E-state index in [1.807, 2.05) is 11.1 Å². The number of hydrogen-bond acceptors (Lipinski definition) is 5. The number of pyridine rings is 1. The summed E-state index contributed by atoms with van der Waals surface area (Å²) in [6.45, 7) is 7.22. The number of aromatic amines is 1. The van der Waals surface area contributed by atoms with Crippen LogP contribution in [0.25, 0.3) is 10.9 Å². The number of nitrogens with one attached hydrogen (secondary N) is 1. The van der Waals surface area contributed by atoms with Crippen LogP contribution in [0.1, 0.15) is 32.4 Å². The number of H-pyrrole nitrogens is 1. The van der Waals surface area contributed by atoms with E-state index in [9.17, 15) is 9.59 Å². The second-order valence-electron chi connectivity index (χ2n) is 7.34. The van der Waals surface area contributed by atoms with Crippen LogP contribution in [0, 0.1) is 5.92 Å². The molecule has 3 rings (SSSR count). The fraction of sp³-hybridized carbons (Fsp3) is 0.350. The Morgan fingerprint density at radius 1 is 1.36 bits per heavy atom. The van der Waals surface area contributed by atoms with Gasteiger partial charge >= 0.3 is 0 Å². The van der Waals surface area contributed by atoms with Crippen LogP contribution in [0.15, 0.2) is 46.3 Å². The van der Waals surface area contributed by atoms with Gasteiger partial charge in [0, 0.05) is 34.2 Å². The normalized spacial score (nSPS) is 15.1. The van der Waals surface area contributed by atoms with Crippen molar-refractivity contribution >= 4 is 34.1 Å². The fourth-order valence-corrected chi connectivity index (χ4v) is 3.31. The van der Waals surface area contributed by atoms with E-state index in [-0.39, 0.29) is 11.3 Å². The lowest BCUT2D eigenvalue weighted by molar-refractivity contribution is -0.126. The van der Waals surface area contributed by atoms with E-state index < -0.39 is 11.9 Å². The topological polar surface area (TPSA) is 94.8 Å². The van der Waals surface area contributed by atoms with Crippen molar-refractivity contribution in [2.75, 3.05) is 13.2 Å². The number of hydrazine groups is 1. The van der Waals surface area contributed by atoms with Gasteiger partial charge in [0.1, 0.15) is 12.4 Å². The molecule has 1 aromatic heterocycles. The molecule has 2 aromatic rings. The van der Waals surface area contributed by atoms with Crippen LogP contribution in [0.2, 0.25) is 5.02 Å². The number of carbonyl (C=O) groups excluding carboxylic acids is 1. The van der Waals surface area contributed by atoms with Crippen molar-refractivity contribution in [1.82, 2.24) is 14.9 Å². The van der Waals surface area contributed by atoms with Crippen LogP contribution < -0.4 is 11.4 Å². The molecule has 1 aliphatic rings. The average molecular weight is 402 g/mol. The summed E-state index contributed by atoms with van der Waals surface area (Å²) < 4.78 is 0. The molecule has 1 aromatic carbocycles. The molecule has 2 heterocycles. The molecule has 148 valence electrons. The van der Waals surface area contributed by atoms with Crippen LogP contribution in [-0.2, 0) is 4.79 Å². The SMILES string of the molecule is CC(C)CN1C=CC(C(=O)N(N)[C@@H](C)c2cc3cc(Cl)ccc3[nH]c2=O)=NC1. The zero-order valence-electron chi connectivity index (χ0n) is 16.1. The molecule has 1 amide bonds. The van der Waals surface area contributed by atoms with Crippen molar-refractivity contribution < 1.29 is 4.79 Å². The molecular formula is C20H24ClN5O2. The summed E-state index contributed by atoms with van der Waals surface area (Å²) in [4.78, 5) is 34.4. The van der Waals surface area contributed by atoms with Crippen molar-refractivity contribution in [2.24, 2.45) is 16.8 Å². The maximum absolute atomic E-state index is 12.7. The summed E-state index contributed by atoms with van der Waals surface area (Å²) in [7, 11) is 0. The molecule has 0 fully saturated rings. The summed E-state index contributed by atoms with van der Waals surface area (Å²) in [6.07, 6.45) is 3.51. The standard InChI is InChI=1S/C20H24ClN5O2/c1-12(2)10-25-7-6-18(23-11-25)20(28)26(22)13(3)16-9-14-8-15(21)4-5-17(14)24-19(16)27/h4-9,12-13H,10-11,22H2,1-3H3,(H,24,27)/t13-/m0/s1. The molecule has 0 spiro atoms. The maximum Gasteiger partial charge on any atom is 0.286 e. The number of nitrogens with two attached hydrogens (primary N) is 1. The summed E-state index contributed by atoms with van der Waals surface area (Å²) in [5, 5.41) is 2.38. The smallest absolute Gasteiger partial charge is 0.286 e. The first-order chi connectivity index (χ1) is 13.3. The summed E-state index contributed by atoms with van der Waals surface area (Å²) in [5.41, 5.74) is 1.03. The third kappa shape index (κ3) is 4.26. The van der Waals surface area contributed by atoms with E-state index in [2.05, 4.69) is 23.8 Å². The molecule has 0 saturated carbocycles. The van der Waals surface area contributed by atoms with Crippen molar-refractivity contribution in [3.63, 3.8) is 0 Å². The Morgan fingerprint density at radius 2 is 2.11 bits per heavy atom. The number of rotatable bonds is 5. The Hall–Kier alpha value is -2.64. The number of carbonyl (C=O) groups is 1. The van der Waals surface area contributed by atoms with E-state index in [1.165, 1.54) is 0 Å². The van der Waals surface area contributed by atoms with E-state index >= 15 is 0 Å². The molecular weight excluding hydrogens is 378 g/mol. The number of halogens is 1. The van der Waals surface area contributed by atoms with E-state index in [0.29, 0.717) is 28.7 Å². The number of nitrogens with zero attached hydrogens (tertiary/aromatic N) is 3. The predicted molar refractivity (Wildman–Crippen MR) is 112 cm³/mol. The van der Waals surface area contributed by atoms with Crippen molar-refractivity contribution in [3.05, 3.63) is 57.5 Å². The number of amides is 1. The minimum Gasteiger partial charge on any atom is -0.358 e. The lowest BCUT2D eigenvalue weighted by Crippen LogP contribution is -2.45. The number of benzene rings is 1. The molecule has 0 bridgehead atoms. The predicted octanol–water partition coefficient (Wildman–Crippen LogP) is 2.83. The van der Waals surface area contributed by atoms with Gasteiger partial charge < -0.3 is 9.88 Å². The van der Waals surface area contributed by atoms with Gasteiger partial charge in [-0.2, -0.15) is 0 Å². The zero-order valence-corrected chi connectivity index (χ0v) is 16.9. The van der Waals surface area contributed by atoms with Crippen LogP contribution in [-0.4, -0.2) is 39.7 Å². The molecule has 28 heavy (non-hydrogen) atoms. The lowest BCUT2D eigenvalue weighted by atomic mass is 10.1. The minimum atomic E-state index is -0.635. The molecule has 1 aliphatic heterocycles. The fourth-order valence-electron chi connectivity index (χ4n) is 3.13. The first-order valence-corrected chi connectivity index (χ1v) is 9.51. The van der Waals surface area contributed by atoms with E-state index in [4.69, 9.17) is 17.4 Å². The van der Waals surface area contributed by atoms with Crippen LogP contribution in [0.5, 0.6) is 0 Å². The largest absolute Gasteiger partial charge is 0.358 e. The van der Waals surface area contributed by atoms with Gasteiger partial charge in [0.25, 0.3) is 11.5 Å². The summed E-state index contributed by atoms with van der Waals surface area (Å²) in [5.74, 6) is 6.12. The van der Waals surface area contributed by atoms with Gasteiger partial charge in [-0.25, -0.2) is 5.84 Å². The first kappa shape index (κ1) is 20.1. The highest BCUT2D eigenvalue weighted by Crippen LogP contribution is 2.21. The third-order valence-corrected chi connectivity index (χ3v) is 4.86. The van der Waals surface area contributed by atoms with Gasteiger partial charge in [-0.3, -0.25) is 19.6 Å². The highest BCUT2D eigenvalue weighted by Gasteiger charge is 2.25. The number of aromatic nitrogens is 1. The second-order valence-corrected chi connectivity index (χ2v) is 7.78. The molecule has 0 aliphatic carbocycles. The molecule has 8 heteroatoms. The quantitative estimate of drug-likeness (QED) is 0.457. The Morgan fingerprint density at radius 3 is 2.75 bits per heavy atom. The maximum atomic E-state index is 12.7. The summed E-state index contributed by atoms with van der Waals surface area (Å²) in [6, 6.07) is 6.27. The van der Waals surface area contributed by atoms with Gasteiger partial charge in [-0.1, -0.05) is 25.4 Å². The zero-order chi connectivity index (χ0) is 20.4. The van der Waals surface area contributed by atoms with Crippen LogP contribution in [0.3, 0.4) is 0 Å². The van der Waals surface area contributed by atoms with Gasteiger partial charge in [-0.05, 0) is 43.2 Å². The second kappa shape index (κ2) is 8.16. The lowest BCUT2D eigenvalue weighted by Gasteiger charge is -2.27. The number of fused-ring (bicyclic) bond motifs is 1. The number of hydrogen-bond donors (Lipinski definition) is 2. The van der Waals surface area contributed by atoms with Crippen molar-refractivity contribution in [1.29, 1.82) is 0 Å². The van der Waals surface area contributed by atoms with E-state index in [1.54, 1.807) is 37.3 Å². The van der Waals surface area contributed by atoms with Gasteiger partial charge in [0.15, 0.2) is 0 Å².